The van der Waals surface area contributed by atoms with Gasteiger partial charge in [-0.25, -0.2) is 0 Å². The van der Waals surface area contributed by atoms with Gasteiger partial charge in [0.25, 0.3) is 0 Å². The summed E-state index contributed by atoms with van der Waals surface area (Å²) in [5, 5.41) is 0. The second kappa shape index (κ2) is 6.06. The Kier molecular flexibility index (Phi) is 4.64. The number of likely N-dealkylation sites (tertiary alicyclic amines) is 1. The summed E-state index contributed by atoms with van der Waals surface area (Å²) < 4.78 is 0. The third-order valence-corrected chi connectivity index (χ3v) is 4.74. The van der Waals surface area contributed by atoms with Gasteiger partial charge in [0.05, 0.1) is 0 Å². The molecule has 0 saturated carbocycles. The highest BCUT2D eigenvalue weighted by atomic mass is 15.2. The van der Waals surface area contributed by atoms with E-state index in [4.69, 9.17) is 5.73 Å². The molecule has 0 spiro atoms. The molecule has 1 saturated heterocycles. The minimum atomic E-state index is 0.490. The van der Waals surface area contributed by atoms with Crippen molar-refractivity contribution < 1.29 is 0 Å². The lowest BCUT2D eigenvalue weighted by Crippen LogP contribution is -2.45. The molecule has 1 fully saturated rings. The Hall–Kier alpha value is -0.860. The maximum Gasteiger partial charge on any atom is 0.0325 e. The van der Waals surface area contributed by atoms with Gasteiger partial charge in [-0.15, -0.1) is 0 Å². The van der Waals surface area contributed by atoms with Crippen molar-refractivity contribution in [2.45, 2.75) is 52.6 Å². The molecule has 0 amide bonds. The summed E-state index contributed by atoms with van der Waals surface area (Å²) in [7, 11) is 0. The van der Waals surface area contributed by atoms with Crippen LogP contribution in [0.1, 0.15) is 49.4 Å². The predicted molar refractivity (Wildman–Crippen MR) is 82.3 cm³/mol. The fraction of sp³-hybridized carbons (Fsp3) is 0.647. The van der Waals surface area contributed by atoms with Crippen LogP contribution in [-0.2, 0) is 0 Å². The minimum absolute atomic E-state index is 0.490. The molecule has 1 heterocycles. The zero-order chi connectivity index (χ0) is 14.0. The molecule has 3 unspecified atom stereocenters. The van der Waals surface area contributed by atoms with Crippen LogP contribution in [0, 0.1) is 19.8 Å². The van der Waals surface area contributed by atoms with E-state index < -0.39 is 0 Å². The fourth-order valence-corrected chi connectivity index (χ4v) is 3.33. The van der Waals surface area contributed by atoms with Crippen LogP contribution in [0.3, 0.4) is 0 Å². The molecule has 2 N–H and O–H groups in total. The third kappa shape index (κ3) is 3.18. The van der Waals surface area contributed by atoms with E-state index in [0.29, 0.717) is 18.0 Å². The van der Waals surface area contributed by atoms with E-state index in [1.807, 2.05) is 0 Å². The number of rotatable bonds is 3. The highest BCUT2D eigenvalue weighted by molar-refractivity contribution is 5.32. The van der Waals surface area contributed by atoms with Crippen molar-refractivity contribution in [3.05, 3.63) is 34.9 Å². The molecule has 0 radical (unpaired) electrons. The number of piperidine rings is 1. The summed E-state index contributed by atoms with van der Waals surface area (Å²) in [5.74, 6) is 0.670. The molecular formula is C17H28N2. The van der Waals surface area contributed by atoms with Crippen LogP contribution in [0.15, 0.2) is 18.2 Å². The first kappa shape index (κ1) is 14.5. The van der Waals surface area contributed by atoms with Gasteiger partial charge in [-0.05, 0) is 64.1 Å². The monoisotopic (exact) mass is 260 g/mol. The number of aryl methyl sites for hydroxylation is 2. The summed E-state index contributed by atoms with van der Waals surface area (Å²) >= 11 is 0. The summed E-state index contributed by atoms with van der Waals surface area (Å²) in [4.78, 5) is 2.64. The Labute approximate surface area is 118 Å². The summed E-state index contributed by atoms with van der Waals surface area (Å²) in [6, 6.07) is 7.95. The lowest BCUT2D eigenvalue weighted by atomic mass is 9.90. The molecule has 1 aliphatic rings. The van der Waals surface area contributed by atoms with Gasteiger partial charge in [0.2, 0.25) is 0 Å². The standard InChI is InChI=1S/C17H28N2/c1-12-5-6-13(2)17(9-12)15(4)19-11-16(10-18)8-7-14(19)3/h5-6,9,14-16H,7-8,10-11,18H2,1-4H3. The van der Waals surface area contributed by atoms with Crippen molar-refractivity contribution >= 4 is 0 Å². The van der Waals surface area contributed by atoms with Crippen molar-refractivity contribution in [3.8, 4) is 0 Å². The topological polar surface area (TPSA) is 29.3 Å². The molecule has 19 heavy (non-hydrogen) atoms. The average Bonchev–Trinajstić information content (AvgIpc) is 2.41. The lowest BCUT2D eigenvalue weighted by molar-refractivity contribution is 0.0810. The van der Waals surface area contributed by atoms with E-state index in [0.717, 1.165) is 13.1 Å². The second-order valence-electron chi connectivity index (χ2n) is 6.26. The van der Waals surface area contributed by atoms with Gasteiger partial charge < -0.3 is 5.73 Å². The molecule has 2 heteroatoms. The maximum atomic E-state index is 5.88. The number of nitrogens with two attached hydrogens (primary N) is 1. The van der Waals surface area contributed by atoms with E-state index in [1.54, 1.807) is 0 Å². The molecule has 0 aliphatic carbocycles. The van der Waals surface area contributed by atoms with E-state index >= 15 is 0 Å². The lowest BCUT2D eigenvalue weighted by Gasteiger charge is -2.42. The minimum Gasteiger partial charge on any atom is -0.330 e. The van der Waals surface area contributed by atoms with Crippen LogP contribution < -0.4 is 5.73 Å². The molecule has 1 aliphatic heterocycles. The van der Waals surface area contributed by atoms with Gasteiger partial charge in [0.1, 0.15) is 0 Å². The van der Waals surface area contributed by atoms with Gasteiger partial charge in [0.15, 0.2) is 0 Å². The Morgan fingerprint density at radius 1 is 1.32 bits per heavy atom. The highest BCUT2D eigenvalue weighted by Crippen LogP contribution is 2.32. The van der Waals surface area contributed by atoms with Crippen LogP contribution in [0.25, 0.3) is 0 Å². The Balaban J connectivity index is 2.21. The zero-order valence-corrected chi connectivity index (χ0v) is 12.8. The van der Waals surface area contributed by atoms with Crippen molar-refractivity contribution in [3.63, 3.8) is 0 Å². The fourth-order valence-electron chi connectivity index (χ4n) is 3.33. The van der Waals surface area contributed by atoms with Crippen LogP contribution in [0.4, 0.5) is 0 Å². The third-order valence-electron chi connectivity index (χ3n) is 4.74. The number of hydrogen-bond donors (Lipinski definition) is 1. The number of nitrogens with zero attached hydrogens (tertiary/aromatic N) is 1. The highest BCUT2D eigenvalue weighted by Gasteiger charge is 2.29. The van der Waals surface area contributed by atoms with Crippen LogP contribution in [0.2, 0.25) is 0 Å². The Bertz CT molecular complexity index is 427. The molecule has 2 rings (SSSR count). The van der Waals surface area contributed by atoms with Gasteiger partial charge in [0, 0.05) is 18.6 Å². The maximum absolute atomic E-state index is 5.88. The summed E-state index contributed by atoms with van der Waals surface area (Å²) in [5.41, 5.74) is 10.1. The van der Waals surface area contributed by atoms with E-state index in [-0.39, 0.29) is 0 Å². The van der Waals surface area contributed by atoms with Crippen LogP contribution in [0.5, 0.6) is 0 Å². The quantitative estimate of drug-likeness (QED) is 0.902. The van der Waals surface area contributed by atoms with E-state index in [2.05, 4.69) is 50.8 Å². The molecule has 3 atom stereocenters. The molecular weight excluding hydrogens is 232 g/mol. The number of hydrogen-bond acceptors (Lipinski definition) is 2. The van der Waals surface area contributed by atoms with Crippen molar-refractivity contribution in [1.82, 2.24) is 4.90 Å². The normalized spacial score (nSPS) is 26.4. The molecule has 0 aromatic heterocycles. The first-order valence-corrected chi connectivity index (χ1v) is 7.56. The van der Waals surface area contributed by atoms with E-state index in [9.17, 15) is 0 Å². The van der Waals surface area contributed by atoms with Crippen molar-refractivity contribution in [2.24, 2.45) is 11.7 Å². The SMILES string of the molecule is Cc1ccc(C)c(C(C)N2CC(CN)CCC2C)c1. The number of benzene rings is 1. The largest absolute Gasteiger partial charge is 0.330 e. The molecule has 2 nitrogen and oxygen atoms in total. The smallest absolute Gasteiger partial charge is 0.0325 e. The Morgan fingerprint density at radius 3 is 2.74 bits per heavy atom. The van der Waals surface area contributed by atoms with Crippen LogP contribution in [-0.4, -0.2) is 24.0 Å². The molecule has 106 valence electrons. The van der Waals surface area contributed by atoms with Crippen LogP contribution >= 0.6 is 0 Å². The Morgan fingerprint density at radius 2 is 2.05 bits per heavy atom. The average molecular weight is 260 g/mol. The molecule has 1 aromatic rings. The van der Waals surface area contributed by atoms with Gasteiger partial charge >= 0.3 is 0 Å². The molecule has 1 aromatic carbocycles. The summed E-state index contributed by atoms with van der Waals surface area (Å²) in [6.07, 6.45) is 2.56. The zero-order valence-electron chi connectivity index (χ0n) is 12.8. The first-order chi connectivity index (χ1) is 9.02. The first-order valence-electron chi connectivity index (χ1n) is 7.56. The second-order valence-corrected chi connectivity index (χ2v) is 6.26. The van der Waals surface area contributed by atoms with Crippen molar-refractivity contribution in [2.75, 3.05) is 13.1 Å². The molecule has 0 bridgehead atoms. The summed E-state index contributed by atoms with van der Waals surface area (Å²) in [6.45, 7) is 11.1. The van der Waals surface area contributed by atoms with Gasteiger partial charge in [-0.1, -0.05) is 23.8 Å². The van der Waals surface area contributed by atoms with Crippen molar-refractivity contribution in [1.29, 1.82) is 0 Å². The van der Waals surface area contributed by atoms with Gasteiger partial charge in [-0.3, -0.25) is 4.90 Å². The van der Waals surface area contributed by atoms with Gasteiger partial charge in [-0.2, -0.15) is 0 Å². The van der Waals surface area contributed by atoms with E-state index in [1.165, 1.54) is 29.5 Å². The predicted octanol–water partition coefficient (Wildman–Crippen LogP) is 3.42.